The number of sulfone groups is 1. The van der Waals surface area contributed by atoms with E-state index >= 15 is 0 Å². The number of thiol groups is 4. The van der Waals surface area contributed by atoms with Crippen LogP contribution in [0.2, 0.25) is 0 Å². The van der Waals surface area contributed by atoms with Crippen LogP contribution < -0.4 is 16.0 Å². The zero-order valence-electron chi connectivity index (χ0n) is 24.2. The number of anilines is 5. The highest BCUT2D eigenvalue weighted by molar-refractivity contribution is 7.92. The Balaban J connectivity index is 1.41. The fourth-order valence-electron chi connectivity index (χ4n) is 4.38. The number of aromatic hydroxyl groups is 1. The van der Waals surface area contributed by atoms with E-state index in [1.165, 1.54) is 25.1 Å². The van der Waals surface area contributed by atoms with Gasteiger partial charge in [-0.1, -0.05) is 6.07 Å². The molecule has 47 heavy (non-hydrogen) atoms. The zero-order valence-corrected chi connectivity index (χ0v) is 28.6. The van der Waals surface area contributed by atoms with Crippen molar-refractivity contribution in [1.82, 2.24) is 15.0 Å². The first-order valence-corrected chi connectivity index (χ1v) is 17.1. The maximum atomic E-state index is 14.4. The third-order valence-corrected chi connectivity index (χ3v) is 9.58. The average molecular weight is 729 g/mol. The molecule has 0 saturated heterocycles. The van der Waals surface area contributed by atoms with E-state index in [1.54, 1.807) is 42.5 Å². The van der Waals surface area contributed by atoms with Gasteiger partial charge in [-0.15, -0.1) is 48.1 Å². The van der Waals surface area contributed by atoms with Crippen LogP contribution in [0.4, 0.5) is 44.7 Å². The van der Waals surface area contributed by atoms with Gasteiger partial charge in [0.15, 0.2) is 15.6 Å². The molecule has 4 N–H and O–H groups in total. The zero-order chi connectivity index (χ0) is 33.9. The second kappa shape index (κ2) is 14.3. The van der Waals surface area contributed by atoms with Crippen LogP contribution in [0.3, 0.4) is 0 Å². The van der Waals surface area contributed by atoms with Crippen LogP contribution in [-0.2, 0) is 14.6 Å². The lowest BCUT2D eigenvalue weighted by Gasteiger charge is -2.13. The SMILES string of the molecule is CC(=O)Nc1cc(S)cc2cc(S)c(N=Nc3cc(Nc4nc(F)nc(Nc5cccc(S(=O)(=O)CCS)c5)n4)ccc3S)c(O)c12. The summed E-state index contributed by atoms with van der Waals surface area (Å²) in [5.41, 5.74) is 1.36. The number of carbonyl (C=O) groups excluding carboxylic acids is 1. The molecule has 0 saturated carbocycles. The lowest BCUT2D eigenvalue weighted by atomic mass is 10.1. The second-order valence-electron chi connectivity index (χ2n) is 9.84. The summed E-state index contributed by atoms with van der Waals surface area (Å²) in [6, 6.07) is 15.7. The van der Waals surface area contributed by atoms with Crippen molar-refractivity contribution >= 4 is 117 Å². The molecule has 18 heteroatoms. The van der Waals surface area contributed by atoms with Crippen LogP contribution in [-0.4, -0.2) is 45.9 Å². The van der Waals surface area contributed by atoms with Crippen LogP contribution in [0, 0.1) is 6.08 Å². The first-order chi connectivity index (χ1) is 22.3. The smallest absolute Gasteiger partial charge is 0.315 e. The number of phenols is 1. The van der Waals surface area contributed by atoms with Gasteiger partial charge in [-0.05, 0) is 60.0 Å². The van der Waals surface area contributed by atoms with Crippen molar-refractivity contribution in [3.63, 3.8) is 0 Å². The number of nitrogens with one attached hydrogen (secondary N) is 3. The van der Waals surface area contributed by atoms with E-state index in [0.717, 1.165) is 0 Å². The van der Waals surface area contributed by atoms with E-state index in [0.29, 0.717) is 42.5 Å². The Bertz CT molecular complexity index is 2170. The molecule has 12 nitrogen and oxygen atoms in total. The molecule has 0 atom stereocenters. The Morgan fingerprint density at radius 1 is 0.915 bits per heavy atom. The van der Waals surface area contributed by atoms with E-state index in [2.05, 4.69) is 91.6 Å². The van der Waals surface area contributed by atoms with E-state index in [-0.39, 0.29) is 51.3 Å². The number of aromatic nitrogens is 3. The Morgan fingerprint density at radius 2 is 1.62 bits per heavy atom. The topological polar surface area (TPSA) is 171 Å². The summed E-state index contributed by atoms with van der Waals surface area (Å²) in [5, 5.41) is 28.9. The lowest BCUT2D eigenvalue weighted by molar-refractivity contribution is -0.114. The summed E-state index contributed by atoms with van der Waals surface area (Å²) < 4.78 is 39.3. The number of azo groups is 1. The van der Waals surface area contributed by atoms with Gasteiger partial charge in [-0.3, -0.25) is 4.79 Å². The third-order valence-electron chi connectivity index (χ3n) is 6.37. The number of rotatable bonds is 10. The molecule has 0 aliphatic rings. The van der Waals surface area contributed by atoms with Crippen LogP contribution in [0.1, 0.15) is 6.92 Å². The molecular weight excluding hydrogens is 704 g/mol. The van der Waals surface area contributed by atoms with Crippen molar-refractivity contribution in [2.45, 2.75) is 26.5 Å². The van der Waals surface area contributed by atoms with Gasteiger partial charge in [0.2, 0.25) is 17.8 Å². The minimum Gasteiger partial charge on any atom is -0.505 e. The van der Waals surface area contributed by atoms with E-state index in [4.69, 9.17) is 0 Å². The summed E-state index contributed by atoms with van der Waals surface area (Å²) in [5.74, 6) is -0.910. The van der Waals surface area contributed by atoms with Crippen molar-refractivity contribution in [3.8, 4) is 5.75 Å². The minimum atomic E-state index is -3.55. The summed E-state index contributed by atoms with van der Waals surface area (Å²) in [6.07, 6.45) is -1.09. The van der Waals surface area contributed by atoms with Gasteiger partial charge in [-0.25, -0.2) is 8.42 Å². The molecule has 0 spiro atoms. The molecule has 0 unspecified atom stereocenters. The van der Waals surface area contributed by atoms with Crippen LogP contribution in [0.5, 0.6) is 5.75 Å². The van der Waals surface area contributed by atoms with Gasteiger partial charge in [0.05, 0.1) is 16.3 Å². The number of halogens is 1. The first-order valence-electron chi connectivity index (χ1n) is 13.5. The summed E-state index contributed by atoms with van der Waals surface area (Å²) in [7, 11) is -3.55. The van der Waals surface area contributed by atoms with Crippen LogP contribution in [0.25, 0.3) is 10.8 Å². The van der Waals surface area contributed by atoms with Gasteiger partial charge >= 0.3 is 6.08 Å². The lowest BCUT2D eigenvalue weighted by Crippen LogP contribution is -2.09. The molecule has 5 aromatic rings. The standard InChI is InChI=1S/C29H25FN8O4S5/c1-14(39)31-21-13-18(44)9-15-10-23(46)25(26(40)24(15)21)38-37-20-12-17(5-6-22(20)45)33-29-35-27(30)34-28(36-29)32-16-3-2-4-19(11-16)47(41,42)8-7-43/h2-6,9-13,40,43-46H,7-8H2,1H3,(H,31,39)(H2,32,33,34,35,36). The Kier molecular flexibility index (Phi) is 10.5. The highest BCUT2D eigenvalue weighted by atomic mass is 32.2. The molecule has 0 aliphatic heterocycles. The maximum absolute atomic E-state index is 14.4. The van der Waals surface area contributed by atoms with Gasteiger partial charge in [0.1, 0.15) is 11.4 Å². The molecule has 4 aromatic carbocycles. The molecule has 242 valence electrons. The highest BCUT2D eigenvalue weighted by Gasteiger charge is 2.17. The van der Waals surface area contributed by atoms with Crippen molar-refractivity contribution in [2.75, 3.05) is 27.5 Å². The fraction of sp³-hybridized carbons (Fsp3) is 0.103. The molecule has 1 aromatic heterocycles. The molecule has 5 rings (SSSR count). The van der Waals surface area contributed by atoms with Crippen molar-refractivity contribution in [1.29, 1.82) is 0 Å². The van der Waals surface area contributed by atoms with Crippen molar-refractivity contribution in [2.24, 2.45) is 10.2 Å². The molecule has 0 radical (unpaired) electrons. The number of carbonyl (C=O) groups is 1. The van der Waals surface area contributed by atoms with E-state index < -0.39 is 15.9 Å². The van der Waals surface area contributed by atoms with Crippen LogP contribution >= 0.6 is 50.5 Å². The van der Waals surface area contributed by atoms with Gasteiger partial charge in [0, 0.05) is 44.1 Å². The predicted molar refractivity (Wildman–Crippen MR) is 191 cm³/mol. The van der Waals surface area contributed by atoms with E-state index in [9.17, 15) is 22.7 Å². The Hall–Kier alpha value is -4.10. The average Bonchev–Trinajstić information content (AvgIpc) is 2.97. The molecule has 0 bridgehead atoms. The van der Waals surface area contributed by atoms with E-state index in [1.807, 2.05) is 0 Å². The summed E-state index contributed by atoms with van der Waals surface area (Å²) in [6.45, 7) is 1.35. The first kappa shape index (κ1) is 34.2. The molecular formula is C29H25FN8O4S5. The molecule has 0 fully saturated rings. The Morgan fingerprint density at radius 3 is 2.30 bits per heavy atom. The van der Waals surface area contributed by atoms with Crippen LogP contribution in [0.15, 0.2) is 90.5 Å². The number of fused-ring (bicyclic) bond motifs is 1. The number of hydrogen-bond donors (Lipinski definition) is 8. The largest absolute Gasteiger partial charge is 0.505 e. The number of amides is 1. The molecule has 0 aliphatic carbocycles. The molecule has 1 amide bonds. The number of nitrogens with zero attached hydrogens (tertiary/aromatic N) is 5. The fourth-order valence-corrected chi connectivity index (χ4v) is 6.91. The minimum absolute atomic E-state index is 0.0446. The number of phenolic OH excluding ortho intramolecular Hbond substituents is 1. The highest BCUT2D eigenvalue weighted by Crippen LogP contribution is 2.45. The quantitative estimate of drug-likeness (QED) is 0.0543. The van der Waals surface area contributed by atoms with Gasteiger partial charge < -0.3 is 21.1 Å². The number of hydrogen-bond acceptors (Lipinski definition) is 15. The number of benzene rings is 4. The monoisotopic (exact) mass is 728 g/mol. The second-order valence-corrected chi connectivity index (χ2v) is 13.9. The maximum Gasteiger partial charge on any atom is 0.315 e. The predicted octanol–water partition coefficient (Wildman–Crippen LogP) is 7.30. The summed E-state index contributed by atoms with van der Waals surface area (Å²) in [4.78, 5) is 24.7. The summed E-state index contributed by atoms with van der Waals surface area (Å²) >= 11 is 17.3. The third kappa shape index (κ3) is 8.25. The van der Waals surface area contributed by atoms with Crippen molar-refractivity contribution < 1.29 is 22.7 Å². The van der Waals surface area contributed by atoms with Gasteiger partial charge in [0.25, 0.3) is 0 Å². The van der Waals surface area contributed by atoms with Gasteiger partial charge in [-0.2, -0.15) is 32.0 Å². The molecule has 1 heterocycles. The Labute approximate surface area is 290 Å². The van der Waals surface area contributed by atoms with Crippen molar-refractivity contribution in [3.05, 3.63) is 66.7 Å². The normalized spacial score (nSPS) is 11.6.